The molecule has 0 saturated carbocycles. The van der Waals surface area contributed by atoms with E-state index >= 15 is 0 Å². The molecule has 86 heavy (non-hydrogen) atoms. The zero-order valence-electron chi connectivity index (χ0n) is 50.7. The molecule has 8 N–H and O–H groups in total. The highest BCUT2D eigenvalue weighted by molar-refractivity contribution is 7.92. The van der Waals surface area contributed by atoms with E-state index in [-0.39, 0.29) is 22.3 Å². The molecular formula is C65H80N10O9S2. The van der Waals surface area contributed by atoms with Gasteiger partial charge in [-0.05, 0) is 92.4 Å². The van der Waals surface area contributed by atoms with E-state index in [4.69, 9.17) is 35.4 Å². The highest BCUT2D eigenvalue weighted by Crippen LogP contribution is 2.41. The Labute approximate surface area is 505 Å². The number of morpholine rings is 2. The third-order valence-electron chi connectivity index (χ3n) is 14.6. The summed E-state index contributed by atoms with van der Waals surface area (Å²) in [6.07, 6.45) is 6.02. The molecule has 4 heterocycles. The first-order valence-electron chi connectivity index (χ1n) is 28.3. The van der Waals surface area contributed by atoms with E-state index in [9.17, 15) is 21.6 Å². The van der Waals surface area contributed by atoms with E-state index in [1.807, 2.05) is 109 Å². The van der Waals surface area contributed by atoms with Crippen molar-refractivity contribution in [1.82, 2.24) is 19.8 Å². The molecule has 0 radical (unpaired) electrons. The number of carbonyl (C=O) groups excluding carboxylic acids is 1. The molecule has 2 saturated heterocycles. The number of nitrogen functional groups attached to an aromatic ring is 2. The van der Waals surface area contributed by atoms with Crippen LogP contribution in [-0.4, -0.2) is 122 Å². The van der Waals surface area contributed by atoms with Crippen molar-refractivity contribution in [2.45, 2.75) is 65.5 Å². The Morgan fingerprint density at radius 3 is 1.40 bits per heavy atom. The van der Waals surface area contributed by atoms with Crippen LogP contribution < -0.4 is 41.0 Å². The van der Waals surface area contributed by atoms with Crippen LogP contribution in [0.15, 0.2) is 134 Å². The Morgan fingerprint density at radius 1 is 0.523 bits per heavy atom. The average molecular weight is 1210 g/mol. The largest absolute Gasteiger partial charge is 0.492 e. The fourth-order valence-electron chi connectivity index (χ4n) is 10.1. The SMILES string of the molecule is COc1c(N)cc(C(C)(C)C)cc1NS(C)(=O)=O.COc1c(NC(=O)Nc2ccc(-c3ccc(CN4CCOCC4)nc3)c3ccccc23)cc(C(C)(C)C)cc1NS(C)(=O)=O.Nc1ccc(-c2ccc(CN3CCOCC3)nc2)c2ccccc12. The molecule has 10 rings (SSSR count). The molecule has 8 aromatic rings. The van der Waals surface area contributed by atoms with Crippen molar-refractivity contribution in [3.8, 4) is 33.8 Å². The lowest BCUT2D eigenvalue weighted by Gasteiger charge is -2.26. The van der Waals surface area contributed by atoms with E-state index in [2.05, 4.69) is 77.3 Å². The van der Waals surface area contributed by atoms with Gasteiger partial charge in [0.25, 0.3) is 0 Å². The summed E-state index contributed by atoms with van der Waals surface area (Å²) in [6.45, 7) is 20.7. The molecule has 2 aliphatic rings. The molecule has 0 spiro atoms. The van der Waals surface area contributed by atoms with E-state index < -0.39 is 26.1 Å². The van der Waals surface area contributed by atoms with Gasteiger partial charge in [0.05, 0.1) is 93.0 Å². The summed E-state index contributed by atoms with van der Waals surface area (Å²) >= 11 is 0. The molecule has 2 aromatic heterocycles. The topological polar surface area (TPSA) is 255 Å². The number of fused-ring (bicyclic) bond motifs is 2. The predicted octanol–water partition coefficient (Wildman–Crippen LogP) is 11.3. The van der Waals surface area contributed by atoms with Gasteiger partial charge in [-0.25, -0.2) is 21.6 Å². The number of carbonyl (C=O) groups is 1. The third-order valence-corrected chi connectivity index (χ3v) is 15.7. The summed E-state index contributed by atoms with van der Waals surface area (Å²) < 4.78 is 73.3. The zero-order chi connectivity index (χ0) is 62.0. The van der Waals surface area contributed by atoms with Crippen molar-refractivity contribution in [2.75, 3.05) is 111 Å². The molecule has 0 bridgehead atoms. The first kappa shape index (κ1) is 64.0. The number of hydrogen-bond donors (Lipinski definition) is 6. The van der Waals surface area contributed by atoms with Gasteiger partial charge >= 0.3 is 6.03 Å². The molecule has 19 nitrogen and oxygen atoms in total. The Kier molecular flexibility index (Phi) is 20.5. The number of hydrogen-bond acceptors (Lipinski definition) is 15. The lowest BCUT2D eigenvalue weighted by atomic mass is 9.86. The second kappa shape index (κ2) is 27.5. The second-order valence-corrected chi connectivity index (χ2v) is 26.9. The van der Waals surface area contributed by atoms with Crippen molar-refractivity contribution < 1.29 is 40.6 Å². The number of nitrogens with two attached hydrogens (primary N) is 2. The van der Waals surface area contributed by atoms with Crippen molar-refractivity contribution in [1.29, 1.82) is 0 Å². The van der Waals surface area contributed by atoms with Gasteiger partial charge in [-0.1, -0.05) is 114 Å². The van der Waals surface area contributed by atoms with E-state index in [1.54, 1.807) is 24.3 Å². The second-order valence-electron chi connectivity index (χ2n) is 23.4. The normalized spacial score (nSPS) is 14.3. The molecule has 2 fully saturated rings. The number of nitrogens with one attached hydrogen (secondary N) is 4. The van der Waals surface area contributed by atoms with E-state index in [0.717, 1.165) is 139 Å². The number of rotatable bonds is 14. The Hall–Kier alpha value is -8.05. The van der Waals surface area contributed by atoms with Crippen LogP contribution in [0.1, 0.15) is 64.1 Å². The maximum atomic E-state index is 13.4. The van der Waals surface area contributed by atoms with Gasteiger partial charge in [-0.3, -0.25) is 29.2 Å². The van der Waals surface area contributed by atoms with Crippen LogP contribution in [0.4, 0.5) is 38.9 Å². The lowest BCUT2D eigenvalue weighted by Crippen LogP contribution is -2.35. The minimum Gasteiger partial charge on any atom is -0.492 e. The number of benzene rings is 6. The minimum absolute atomic E-state index is 0.131. The molecule has 21 heteroatoms. The fraction of sp³-hybridized carbons (Fsp3) is 0.338. The maximum Gasteiger partial charge on any atom is 0.323 e. The predicted molar refractivity (Wildman–Crippen MR) is 348 cm³/mol. The Morgan fingerprint density at radius 2 is 0.942 bits per heavy atom. The quantitative estimate of drug-likeness (QED) is 0.0554. The summed E-state index contributed by atoms with van der Waals surface area (Å²) in [5, 5.41) is 9.93. The molecule has 0 atom stereocenters. The van der Waals surface area contributed by atoms with Crippen molar-refractivity contribution in [2.24, 2.45) is 0 Å². The van der Waals surface area contributed by atoms with E-state index in [1.165, 1.54) is 25.2 Å². The minimum atomic E-state index is -3.60. The summed E-state index contributed by atoms with van der Waals surface area (Å²) in [4.78, 5) is 27.5. The number of ether oxygens (including phenoxy) is 4. The number of nitrogens with zero attached hydrogens (tertiary/aromatic N) is 4. The molecular weight excluding hydrogens is 1130 g/mol. The summed E-state index contributed by atoms with van der Waals surface area (Å²) in [5.41, 5.74) is 22.5. The van der Waals surface area contributed by atoms with Gasteiger partial charge in [0, 0.05) is 79.2 Å². The molecule has 2 aliphatic heterocycles. The van der Waals surface area contributed by atoms with Gasteiger partial charge in [0.2, 0.25) is 20.0 Å². The van der Waals surface area contributed by atoms with Crippen LogP contribution >= 0.6 is 0 Å². The third kappa shape index (κ3) is 17.1. The van der Waals surface area contributed by atoms with Crippen LogP contribution in [0, 0.1) is 0 Å². The van der Waals surface area contributed by atoms with Crippen LogP contribution in [0.3, 0.4) is 0 Å². The maximum absolute atomic E-state index is 13.4. The fourth-order valence-corrected chi connectivity index (χ4v) is 11.2. The lowest BCUT2D eigenvalue weighted by molar-refractivity contribution is 0.0336. The van der Waals surface area contributed by atoms with Gasteiger partial charge in [-0.15, -0.1) is 0 Å². The molecule has 6 aromatic carbocycles. The number of pyridine rings is 2. The van der Waals surface area contributed by atoms with Gasteiger partial charge in [0.1, 0.15) is 0 Å². The Bertz CT molecular complexity index is 3900. The average Bonchev–Trinajstić information content (AvgIpc) is 2.31. The highest BCUT2D eigenvalue weighted by Gasteiger charge is 2.24. The number of aromatic nitrogens is 2. The van der Waals surface area contributed by atoms with Crippen LogP contribution in [-0.2, 0) is 53.4 Å². The molecule has 0 aliphatic carbocycles. The van der Waals surface area contributed by atoms with Crippen molar-refractivity contribution in [3.05, 3.63) is 156 Å². The number of urea groups is 1. The monoisotopic (exact) mass is 1210 g/mol. The molecule has 456 valence electrons. The number of amides is 2. The van der Waals surface area contributed by atoms with Gasteiger partial charge < -0.3 is 41.0 Å². The summed E-state index contributed by atoms with van der Waals surface area (Å²) in [7, 11) is -4.09. The first-order valence-corrected chi connectivity index (χ1v) is 32.1. The van der Waals surface area contributed by atoms with Gasteiger partial charge in [-0.2, -0.15) is 0 Å². The smallest absolute Gasteiger partial charge is 0.323 e. The van der Waals surface area contributed by atoms with Crippen molar-refractivity contribution >= 4 is 81.7 Å². The molecule has 2 amide bonds. The summed E-state index contributed by atoms with van der Waals surface area (Å²) in [5.74, 6) is 0.553. The van der Waals surface area contributed by atoms with Crippen molar-refractivity contribution in [3.63, 3.8) is 0 Å². The van der Waals surface area contributed by atoms with E-state index in [0.29, 0.717) is 28.5 Å². The van der Waals surface area contributed by atoms with Crippen LogP contribution in [0.25, 0.3) is 43.8 Å². The highest BCUT2D eigenvalue weighted by atomic mass is 32.2. The molecule has 0 unspecified atom stereocenters. The first-order chi connectivity index (χ1) is 40.8. The summed E-state index contributed by atoms with van der Waals surface area (Å²) in [6, 6.07) is 39.0. The zero-order valence-corrected chi connectivity index (χ0v) is 52.3. The number of anilines is 6. The van der Waals surface area contributed by atoms with Gasteiger partial charge in [0.15, 0.2) is 11.5 Å². The standard InChI is InChI=1S/C33H39N5O5S.C20H21N3O.C12H20N2O3S/c1-33(2,3)23-18-29(31(42-4)30(19-23)37-44(5,40)41)36-32(39)35-28-13-12-25(26-8-6-7-9-27(26)28)22-10-11-24(34-20-22)21-38-14-16-43-17-15-38;21-20-8-7-17(18-3-1-2-4-19(18)20)15-5-6-16(22-13-15)14-23-9-11-24-12-10-23;1-12(2,3)8-6-9(13)11(17-4)10(7-8)14-18(5,15)16/h6-13,18-20,37H,14-17,21H2,1-5H3,(H2,35,36,39);1-8,13H,9-12,14,21H2;6-7,14H,13H2,1-5H3. The van der Waals surface area contributed by atoms with Crippen LogP contribution in [0.5, 0.6) is 11.5 Å². The van der Waals surface area contributed by atoms with Crippen LogP contribution in [0.2, 0.25) is 0 Å². The Balaban J connectivity index is 0.000000190. The number of methoxy groups -OCH3 is 2. The number of sulfonamides is 2.